The van der Waals surface area contributed by atoms with Gasteiger partial charge in [0.1, 0.15) is 11.7 Å². The van der Waals surface area contributed by atoms with Crippen LogP contribution in [0.4, 0.5) is 5.69 Å². The number of hydrogen-bond acceptors (Lipinski definition) is 3. The van der Waals surface area contributed by atoms with Crippen LogP contribution in [-0.2, 0) is 11.3 Å². The van der Waals surface area contributed by atoms with Crippen LogP contribution in [-0.4, -0.2) is 20.3 Å². The van der Waals surface area contributed by atoms with Gasteiger partial charge >= 0.3 is 0 Å². The van der Waals surface area contributed by atoms with Crippen molar-refractivity contribution in [2.45, 2.75) is 40.3 Å². The van der Waals surface area contributed by atoms with E-state index in [0.29, 0.717) is 22.9 Å². The topological polar surface area (TPSA) is 68.9 Å². The second kappa shape index (κ2) is 8.63. The average molecular weight is 449 g/mol. The van der Waals surface area contributed by atoms with E-state index >= 15 is 0 Å². The Morgan fingerprint density at radius 1 is 1.12 bits per heavy atom. The zero-order valence-electron chi connectivity index (χ0n) is 18.5. The largest absolute Gasteiger partial charge is 0.324 e. The van der Waals surface area contributed by atoms with Crippen molar-refractivity contribution in [2.75, 3.05) is 5.32 Å². The lowest BCUT2D eigenvalue weighted by Crippen LogP contribution is -2.32. The number of aromatic nitrogens is 3. The number of fused-ring (bicyclic) bond motifs is 1. The minimum Gasteiger partial charge on any atom is -0.324 e. The molecule has 0 aliphatic carbocycles. The van der Waals surface area contributed by atoms with E-state index in [1.165, 1.54) is 4.57 Å². The normalized spacial score (nSPS) is 12.2. The summed E-state index contributed by atoms with van der Waals surface area (Å²) in [6.45, 7) is 8.03. The number of amides is 1. The molecule has 164 valence electrons. The summed E-state index contributed by atoms with van der Waals surface area (Å²) in [7, 11) is 0. The highest BCUT2D eigenvalue weighted by molar-refractivity contribution is 6.31. The number of rotatable bonds is 5. The average Bonchev–Trinajstić information content (AvgIpc) is 3.12. The van der Waals surface area contributed by atoms with Crippen LogP contribution in [0.25, 0.3) is 22.2 Å². The molecule has 4 rings (SSSR count). The number of anilines is 1. The van der Waals surface area contributed by atoms with Crippen molar-refractivity contribution in [1.29, 1.82) is 0 Å². The fourth-order valence-electron chi connectivity index (χ4n) is 4.04. The maximum atomic E-state index is 13.3. The summed E-state index contributed by atoms with van der Waals surface area (Å²) >= 11 is 6.20. The third-order valence-corrected chi connectivity index (χ3v) is 6.19. The molecule has 4 aromatic rings. The molecule has 0 fully saturated rings. The number of carbonyl (C=O) groups is 1. The molecule has 32 heavy (non-hydrogen) atoms. The second-order valence-electron chi connectivity index (χ2n) is 7.81. The van der Waals surface area contributed by atoms with Gasteiger partial charge in [0.25, 0.3) is 5.56 Å². The maximum absolute atomic E-state index is 13.3. The van der Waals surface area contributed by atoms with Gasteiger partial charge in [-0.3, -0.25) is 14.2 Å². The van der Waals surface area contributed by atoms with Crippen molar-refractivity contribution in [2.24, 2.45) is 0 Å². The Balaban J connectivity index is 1.87. The Kier molecular flexibility index (Phi) is 5.89. The van der Waals surface area contributed by atoms with Gasteiger partial charge in [-0.05, 0) is 56.5 Å². The van der Waals surface area contributed by atoms with Crippen LogP contribution in [0.15, 0.2) is 59.4 Å². The number of pyridine rings is 1. The predicted octanol–water partition coefficient (Wildman–Crippen LogP) is 5.35. The Labute approximate surface area is 191 Å². The van der Waals surface area contributed by atoms with Crippen LogP contribution in [0.3, 0.4) is 0 Å². The molecule has 6 nitrogen and oxygen atoms in total. The molecule has 1 unspecified atom stereocenters. The summed E-state index contributed by atoms with van der Waals surface area (Å²) in [5.74, 6) is -0.298. The van der Waals surface area contributed by atoms with Crippen LogP contribution in [0.5, 0.6) is 0 Å². The Bertz CT molecular complexity index is 1370. The third-order valence-electron chi connectivity index (χ3n) is 5.78. The monoisotopic (exact) mass is 448 g/mol. The van der Waals surface area contributed by atoms with E-state index < -0.39 is 6.04 Å². The number of nitrogens with zero attached hydrogens (tertiary/aromatic N) is 3. The van der Waals surface area contributed by atoms with E-state index in [-0.39, 0.29) is 11.5 Å². The van der Waals surface area contributed by atoms with Crippen LogP contribution in [0.2, 0.25) is 5.02 Å². The molecule has 0 aliphatic heterocycles. The van der Waals surface area contributed by atoms with Gasteiger partial charge < -0.3 is 5.32 Å². The van der Waals surface area contributed by atoms with Crippen LogP contribution >= 0.6 is 11.6 Å². The number of aryl methyl sites for hydroxylation is 2. The van der Waals surface area contributed by atoms with Crippen molar-refractivity contribution in [3.63, 3.8) is 0 Å². The van der Waals surface area contributed by atoms with Gasteiger partial charge in [0.2, 0.25) is 5.91 Å². The first kappa shape index (κ1) is 21.8. The fourth-order valence-corrected chi connectivity index (χ4v) is 4.21. The van der Waals surface area contributed by atoms with Gasteiger partial charge in [0, 0.05) is 28.7 Å². The molecule has 2 aromatic carbocycles. The van der Waals surface area contributed by atoms with Crippen LogP contribution in [0.1, 0.15) is 31.1 Å². The number of halogens is 1. The van der Waals surface area contributed by atoms with Crippen molar-refractivity contribution in [3.8, 4) is 11.1 Å². The van der Waals surface area contributed by atoms with Gasteiger partial charge in [-0.25, -0.2) is 4.68 Å². The summed E-state index contributed by atoms with van der Waals surface area (Å²) in [5, 5.41) is 9.02. The van der Waals surface area contributed by atoms with Crippen molar-refractivity contribution in [3.05, 3.63) is 81.2 Å². The molecule has 1 amide bonds. The highest BCUT2D eigenvalue weighted by atomic mass is 35.5. The standard InChI is InChI=1S/C25H25ClN4O2/c1-5-29-25-23(16(3)28-29)19(18-10-7-6-8-11-18)14-22(31)30(25)17(4)24(32)27-21-13-9-12-20(26)15(21)2/h6-14,17H,5H2,1-4H3,(H,27,32). The zero-order chi connectivity index (χ0) is 23.0. The van der Waals surface area contributed by atoms with Crippen molar-refractivity contribution < 1.29 is 4.79 Å². The van der Waals surface area contributed by atoms with Crippen LogP contribution < -0.4 is 10.9 Å². The molecule has 0 saturated heterocycles. The summed E-state index contributed by atoms with van der Waals surface area (Å²) < 4.78 is 3.31. The lowest BCUT2D eigenvalue weighted by Gasteiger charge is -2.19. The summed E-state index contributed by atoms with van der Waals surface area (Å²) in [6, 6.07) is 16.0. The predicted molar refractivity (Wildman–Crippen MR) is 129 cm³/mol. The number of hydrogen-bond donors (Lipinski definition) is 1. The maximum Gasteiger partial charge on any atom is 0.253 e. The molecule has 0 saturated carbocycles. The van der Waals surface area contributed by atoms with Crippen molar-refractivity contribution >= 4 is 34.2 Å². The molecule has 2 aromatic heterocycles. The first-order valence-electron chi connectivity index (χ1n) is 10.6. The Hall–Kier alpha value is -3.38. The van der Waals surface area contributed by atoms with E-state index in [4.69, 9.17) is 11.6 Å². The molecule has 0 spiro atoms. The third kappa shape index (κ3) is 3.71. The molecular weight excluding hydrogens is 424 g/mol. The highest BCUT2D eigenvalue weighted by Gasteiger charge is 2.25. The molecule has 0 bridgehead atoms. The van der Waals surface area contributed by atoms with Crippen molar-refractivity contribution in [1.82, 2.24) is 14.3 Å². The summed E-state index contributed by atoms with van der Waals surface area (Å²) in [4.78, 5) is 26.5. The molecular formula is C25H25ClN4O2. The molecule has 0 aliphatic rings. The number of nitrogens with one attached hydrogen (secondary N) is 1. The van der Waals surface area contributed by atoms with Gasteiger partial charge in [-0.1, -0.05) is 48.0 Å². The lowest BCUT2D eigenvalue weighted by atomic mass is 10.0. The summed E-state index contributed by atoms with van der Waals surface area (Å²) in [6.07, 6.45) is 0. The lowest BCUT2D eigenvalue weighted by molar-refractivity contribution is -0.118. The highest BCUT2D eigenvalue weighted by Crippen LogP contribution is 2.31. The number of benzene rings is 2. The number of carbonyl (C=O) groups excluding carboxylic acids is 1. The molecule has 1 N–H and O–H groups in total. The molecule has 7 heteroatoms. The van der Waals surface area contributed by atoms with E-state index in [9.17, 15) is 9.59 Å². The van der Waals surface area contributed by atoms with Crippen LogP contribution in [0, 0.1) is 13.8 Å². The van der Waals surface area contributed by atoms with E-state index in [1.54, 1.807) is 35.9 Å². The van der Waals surface area contributed by atoms with E-state index in [0.717, 1.165) is 27.8 Å². The Morgan fingerprint density at radius 3 is 2.53 bits per heavy atom. The van der Waals surface area contributed by atoms with Gasteiger partial charge in [0.15, 0.2) is 0 Å². The molecule has 0 radical (unpaired) electrons. The molecule has 2 heterocycles. The SMILES string of the molecule is CCn1nc(C)c2c(-c3ccccc3)cc(=O)n(C(C)C(=O)Nc3cccc(Cl)c3C)c21. The van der Waals surface area contributed by atoms with Gasteiger partial charge in [-0.2, -0.15) is 5.10 Å². The Morgan fingerprint density at radius 2 is 1.84 bits per heavy atom. The quantitative estimate of drug-likeness (QED) is 0.447. The molecule has 1 atom stereocenters. The minimum absolute atomic E-state index is 0.253. The summed E-state index contributed by atoms with van der Waals surface area (Å²) in [5.41, 5.74) is 4.36. The fraction of sp³-hybridized carbons (Fsp3) is 0.240. The minimum atomic E-state index is -0.755. The first-order chi connectivity index (χ1) is 15.3. The van der Waals surface area contributed by atoms with Gasteiger partial charge in [-0.15, -0.1) is 0 Å². The van der Waals surface area contributed by atoms with Gasteiger partial charge in [0.05, 0.1) is 5.69 Å². The first-order valence-corrected chi connectivity index (χ1v) is 10.9. The zero-order valence-corrected chi connectivity index (χ0v) is 19.3. The smallest absolute Gasteiger partial charge is 0.253 e. The van der Waals surface area contributed by atoms with E-state index in [1.807, 2.05) is 51.1 Å². The van der Waals surface area contributed by atoms with E-state index in [2.05, 4.69) is 10.4 Å². The second-order valence-corrected chi connectivity index (χ2v) is 8.22.